The van der Waals surface area contributed by atoms with Gasteiger partial charge in [-0.05, 0) is 24.6 Å². The van der Waals surface area contributed by atoms with Crippen LogP contribution >= 0.6 is 0 Å². The molecule has 0 aliphatic rings. The molecule has 0 aliphatic carbocycles. The van der Waals surface area contributed by atoms with Crippen LogP contribution in [0.1, 0.15) is 15.9 Å². The standard InChI is InChI=1S/C11H9FN2O2/c1-7-2-3-8(6-9(7)12)11(15)13-10-4-5-16-14-10/h2-6H,1H3,(H,13,14,15). The monoisotopic (exact) mass is 220 g/mol. The number of carbonyl (C=O) groups is 1. The second-order valence-electron chi connectivity index (χ2n) is 3.30. The lowest BCUT2D eigenvalue weighted by Crippen LogP contribution is -2.12. The summed E-state index contributed by atoms with van der Waals surface area (Å²) in [5.41, 5.74) is 0.740. The number of amides is 1. The lowest BCUT2D eigenvalue weighted by molar-refractivity contribution is 0.102. The molecule has 1 N–H and O–H groups in total. The number of halogens is 1. The van der Waals surface area contributed by atoms with E-state index in [-0.39, 0.29) is 5.56 Å². The van der Waals surface area contributed by atoms with Crippen molar-refractivity contribution in [1.29, 1.82) is 0 Å². The zero-order valence-electron chi connectivity index (χ0n) is 8.53. The highest BCUT2D eigenvalue weighted by atomic mass is 19.1. The molecule has 2 aromatic rings. The number of rotatable bonds is 2. The summed E-state index contributed by atoms with van der Waals surface area (Å²) in [6, 6.07) is 5.79. The number of aryl methyl sites for hydroxylation is 1. The molecule has 0 saturated carbocycles. The van der Waals surface area contributed by atoms with E-state index in [1.165, 1.54) is 18.4 Å². The molecule has 0 unspecified atom stereocenters. The molecule has 0 aliphatic heterocycles. The predicted octanol–water partition coefficient (Wildman–Crippen LogP) is 2.37. The highest BCUT2D eigenvalue weighted by molar-refractivity contribution is 6.03. The molecule has 2 rings (SSSR count). The van der Waals surface area contributed by atoms with Crippen LogP contribution < -0.4 is 5.32 Å². The second kappa shape index (κ2) is 4.14. The Labute approximate surface area is 91.1 Å². The number of hydrogen-bond donors (Lipinski definition) is 1. The molecule has 0 saturated heterocycles. The third-order valence-electron chi connectivity index (χ3n) is 2.11. The average Bonchev–Trinajstić information content (AvgIpc) is 2.74. The summed E-state index contributed by atoms with van der Waals surface area (Å²) in [6.45, 7) is 1.63. The molecule has 1 aromatic heterocycles. The van der Waals surface area contributed by atoms with E-state index in [2.05, 4.69) is 15.0 Å². The number of aromatic nitrogens is 1. The number of anilines is 1. The summed E-state index contributed by atoms with van der Waals surface area (Å²) >= 11 is 0. The normalized spacial score (nSPS) is 10.1. The van der Waals surface area contributed by atoms with E-state index < -0.39 is 11.7 Å². The highest BCUT2D eigenvalue weighted by Crippen LogP contribution is 2.11. The van der Waals surface area contributed by atoms with Gasteiger partial charge in [-0.3, -0.25) is 4.79 Å². The van der Waals surface area contributed by atoms with Crippen molar-refractivity contribution < 1.29 is 13.7 Å². The summed E-state index contributed by atoms with van der Waals surface area (Å²) in [7, 11) is 0. The Kier molecular flexibility index (Phi) is 2.68. The number of benzene rings is 1. The Hall–Kier alpha value is -2.17. The predicted molar refractivity (Wildman–Crippen MR) is 55.6 cm³/mol. The fourth-order valence-corrected chi connectivity index (χ4v) is 1.20. The summed E-state index contributed by atoms with van der Waals surface area (Å²) in [5, 5.41) is 6.00. The van der Waals surface area contributed by atoms with Crippen LogP contribution in [0.25, 0.3) is 0 Å². The lowest BCUT2D eigenvalue weighted by Gasteiger charge is -2.02. The summed E-state index contributed by atoms with van der Waals surface area (Å²) in [4.78, 5) is 11.6. The van der Waals surface area contributed by atoms with Crippen molar-refractivity contribution in [3.63, 3.8) is 0 Å². The first-order chi connectivity index (χ1) is 7.66. The van der Waals surface area contributed by atoms with Gasteiger partial charge in [-0.1, -0.05) is 11.2 Å². The van der Waals surface area contributed by atoms with Crippen molar-refractivity contribution in [3.8, 4) is 0 Å². The average molecular weight is 220 g/mol. The molecule has 16 heavy (non-hydrogen) atoms. The largest absolute Gasteiger partial charge is 0.363 e. The van der Waals surface area contributed by atoms with E-state index in [1.54, 1.807) is 19.1 Å². The third kappa shape index (κ3) is 2.08. The maximum atomic E-state index is 13.2. The summed E-state index contributed by atoms with van der Waals surface area (Å²) in [5.74, 6) is -0.536. The van der Waals surface area contributed by atoms with Gasteiger partial charge in [0.2, 0.25) is 0 Å². The molecular formula is C11H9FN2O2. The summed E-state index contributed by atoms with van der Waals surface area (Å²) in [6.07, 6.45) is 1.34. The molecule has 0 radical (unpaired) electrons. The number of nitrogens with zero attached hydrogens (tertiary/aromatic N) is 1. The van der Waals surface area contributed by atoms with E-state index in [4.69, 9.17) is 0 Å². The molecule has 0 fully saturated rings. The fraction of sp³-hybridized carbons (Fsp3) is 0.0909. The van der Waals surface area contributed by atoms with Gasteiger partial charge in [0.15, 0.2) is 5.82 Å². The van der Waals surface area contributed by atoms with Gasteiger partial charge in [0, 0.05) is 11.6 Å². The first kappa shape index (κ1) is 10.4. The zero-order chi connectivity index (χ0) is 11.5. The van der Waals surface area contributed by atoms with Crippen molar-refractivity contribution in [2.75, 3.05) is 5.32 Å². The maximum Gasteiger partial charge on any atom is 0.257 e. The molecule has 0 atom stereocenters. The number of nitrogens with one attached hydrogen (secondary N) is 1. The van der Waals surface area contributed by atoms with Gasteiger partial charge in [-0.2, -0.15) is 0 Å². The van der Waals surface area contributed by atoms with Gasteiger partial charge in [0.25, 0.3) is 5.91 Å². The molecular weight excluding hydrogens is 211 g/mol. The lowest BCUT2D eigenvalue weighted by atomic mass is 10.1. The van der Waals surface area contributed by atoms with Gasteiger partial charge < -0.3 is 9.84 Å². The van der Waals surface area contributed by atoms with Crippen LogP contribution in [-0.4, -0.2) is 11.1 Å². The minimum absolute atomic E-state index is 0.242. The van der Waals surface area contributed by atoms with Gasteiger partial charge in [-0.25, -0.2) is 4.39 Å². The number of hydrogen-bond acceptors (Lipinski definition) is 3. The van der Waals surface area contributed by atoms with Gasteiger partial charge in [-0.15, -0.1) is 0 Å². The second-order valence-corrected chi connectivity index (χ2v) is 3.30. The Morgan fingerprint density at radius 2 is 2.25 bits per heavy atom. The molecule has 82 valence electrons. The molecule has 1 aromatic carbocycles. The van der Waals surface area contributed by atoms with Gasteiger partial charge >= 0.3 is 0 Å². The third-order valence-corrected chi connectivity index (χ3v) is 2.11. The Morgan fingerprint density at radius 3 is 2.88 bits per heavy atom. The van der Waals surface area contributed by atoms with Crippen LogP contribution in [0.5, 0.6) is 0 Å². The molecule has 1 amide bonds. The van der Waals surface area contributed by atoms with E-state index >= 15 is 0 Å². The topological polar surface area (TPSA) is 55.1 Å². The first-order valence-electron chi connectivity index (χ1n) is 4.65. The molecule has 1 heterocycles. The maximum absolute atomic E-state index is 13.2. The summed E-state index contributed by atoms with van der Waals surface area (Å²) < 4.78 is 17.8. The van der Waals surface area contributed by atoms with Crippen molar-refractivity contribution in [3.05, 3.63) is 47.5 Å². The highest BCUT2D eigenvalue weighted by Gasteiger charge is 2.09. The molecule has 4 nitrogen and oxygen atoms in total. The zero-order valence-corrected chi connectivity index (χ0v) is 8.53. The van der Waals surface area contributed by atoms with Crippen LogP contribution in [0.4, 0.5) is 10.2 Å². The Balaban J connectivity index is 2.18. The quantitative estimate of drug-likeness (QED) is 0.845. The molecule has 5 heteroatoms. The first-order valence-corrected chi connectivity index (χ1v) is 4.65. The van der Waals surface area contributed by atoms with Crippen LogP contribution in [-0.2, 0) is 0 Å². The van der Waals surface area contributed by atoms with E-state index in [1.807, 2.05) is 0 Å². The van der Waals surface area contributed by atoms with Gasteiger partial charge in [0.1, 0.15) is 12.1 Å². The minimum atomic E-state index is -0.423. The van der Waals surface area contributed by atoms with E-state index in [0.29, 0.717) is 11.4 Å². The van der Waals surface area contributed by atoms with Crippen LogP contribution in [0, 0.1) is 12.7 Å². The Morgan fingerprint density at radius 1 is 1.44 bits per heavy atom. The van der Waals surface area contributed by atoms with Crippen LogP contribution in [0.2, 0.25) is 0 Å². The van der Waals surface area contributed by atoms with Crippen molar-refractivity contribution in [2.24, 2.45) is 0 Å². The smallest absolute Gasteiger partial charge is 0.257 e. The van der Waals surface area contributed by atoms with Gasteiger partial charge in [0.05, 0.1) is 0 Å². The molecule has 0 bridgehead atoms. The van der Waals surface area contributed by atoms with Crippen molar-refractivity contribution in [2.45, 2.75) is 6.92 Å². The van der Waals surface area contributed by atoms with Crippen molar-refractivity contribution >= 4 is 11.7 Å². The van der Waals surface area contributed by atoms with Crippen molar-refractivity contribution in [1.82, 2.24) is 5.16 Å². The van der Waals surface area contributed by atoms with Crippen LogP contribution in [0.3, 0.4) is 0 Å². The fourth-order valence-electron chi connectivity index (χ4n) is 1.20. The minimum Gasteiger partial charge on any atom is -0.363 e. The SMILES string of the molecule is Cc1ccc(C(=O)Nc2ccon2)cc1F. The number of carbonyl (C=O) groups excluding carboxylic acids is 1. The van der Waals surface area contributed by atoms with Crippen LogP contribution in [0.15, 0.2) is 35.1 Å². The van der Waals surface area contributed by atoms with E-state index in [0.717, 1.165) is 0 Å². The Bertz CT molecular complexity index is 509. The van der Waals surface area contributed by atoms with E-state index in [9.17, 15) is 9.18 Å². The molecule has 0 spiro atoms.